The molecule has 0 aromatic carbocycles. The van der Waals surface area contributed by atoms with Gasteiger partial charge in [-0.25, -0.2) is 4.98 Å². The Morgan fingerprint density at radius 1 is 1.38 bits per heavy atom. The maximum Gasteiger partial charge on any atom is 0.259 e. The van der Waals surface area contributed by atoms with Gasteiger partial charge in [0.1, 0.15) is 22.2 Å². The first kappa shape index (κ1) is 20.2. The second kappa shape index (κ2) is 8.75. The van der Waals surface area contributed by atoms with E-state index in [2.05, 4.69) is 15.3 Å². The molecule has 0 saturated carbocycles. The Kier molecular flexibility index (Phi) is 6.10. The highest BCUT2D eigenvalue weighted by molar-refractivity contribution is 7.98. The zero-order valence-electron chi connectivity index (χ0n) is 16.7. The maximum absolute atomic E-state index is 12.6. The molecule has 0 fully saturated rings. The third kappa shape index (κ3) is 4.59. The van der Waals surface area contributed by atoms with Crippen LogP contribution in [0.2, 0.25) is 0 Å². The summed E-state index contributed by atoms with van der Waals surface area (Å²) in [6, 6.07) is 3.63. The molecule has 0 spiro atoms. The maximum atomic E-state index is 12.6. The summed E-state index contributed by atoms with van der Waals surface area (Å²) in [5.41, 5.74) is 1.19. The number of rotatable bonds is 7. The number of thioether (sulfide) groups is 1. The number of H-pyrrole nitrogens is 1. The number of nitrogens with zero attached hydrogens (tertiary/aromatic N) is 1. The molecule has 1 unspecified atom stereocenters. The fraction of sp³-hybridized carbons (Fsp3) is 0.476. The number of nitrogens with one attached hydrogen (secondary N) is 2. The molecule has 2 N–H and O–H groups in total. The normalized spacial score (nSPS) is 14.7. The summed E-state index contributed by atoms with van der Waals surface area (Å²) in [7, 11) is 0. The van der Waals surface area contributed by atoms with E-state index in [-0.39, 0.29) is 17.5 Å². The lowest BCUT2D eigenvalue weighted by Crippen LogP contribution is -2.26. The second-order valence-electron chi connectivity index (χ2n) is 7.44. The quantitative estimate of drug-likeness (QED) is 0.546. The SMILES string of the molecule is Cc1ccc(C(C)NC(=O)CCSCc2nc3sc4c(c3c(=O)[nH]2)CCCC4)o1. The van der Waals surface area contributed by atoms with Crippen molar-refractivity contribution in [3.8, 4) is 0 Å². The predicted octanol–water partition coefficient (Wildman–Crippen LogP) is 4.27. The van der Waals surface area contributed by atoms with E-state index in [1.165, 1.54) is 16.9 Å². The van der Waals surface area contributed by atoms with E-state index in [4.69, 9.17) is 4.42 Å². The second-order valence-corrected chi connectivity index (χ2v) is 9.63. The van der Waals surface area contributed by atoms with Crippen molar-refractivity contribution in [1.29, 1.82) is 0 Å². The average molecular weight is 432 g/mol. The van der Waals surface area contributed by atoms with Crippen LogP contribution < -0.4 is 10.9 Å². The lowest BCUT2D eigenvalue weighted by molar-refractivity contribution is -0.121. The number of aryl methyl sites for hydroxylation is 3. The zero-order valence-corrected chi connectivity index (χ0v) is 18.3. The van der Waals surface area contributed by atoms with Crippen molar-refractivity contribution in [3.63, 3.8) is 0 Å². The Morgan fingerprint density at radius 2 is 2.21 bits per heavy atom. The number of carbonyl (C=O) groups excluding carboxylic acids is 1. The molecule has 0 bridgehead atoms. The van der Waals surface area contributed by atoms with E-state index in [1.807, 2.05) is 26.0 Å². The lowest BCUT2D eigenvalue weighted by atomic mass is 9.97. The summed E-state index contributed by atoms with van der Waals surface area (Å²) in [5, 5.41) is 3.74. The van der Waals surface area contributed by atoms with Gasteiger partial charge >= 0.3 is 0 Å². The van der Waals surface area contributed by atoms with Gasteiger partial charge in [0.25, 0.3) is 5.56 Å². The number of thiophene rings is 1. The summed E-state index contributed by atoms with van der Waals surface area (Å²) >= 11 is 3.27. The van der Waals surface area contributed by atoms with Crippen molar-refractivity contribution >= 4 is 39.2 Å². The number of aromatic amines is 1. The fourth-order valence-electron chi connectivity index (χ4n) is 3.68. The van der Waals surface area contributed by atoms with E-state index < -0.39 is 0 Å². The standard InChI is InChI=1S/C21H25N3O3S2/c1-12-7-8-15(27-12)13(2)22-18(25)9-10-28-11-17-23-20(26)19-14-5-3-4-6-16(14)29-21(19)24-17/h7-8,13H,3-6,9-11H2,1-2H3,(H,22,25)(H,23,24,26). The van der Waals surface area contributed by atoms with E-state index in [0.29, 0.717) is 23.8 Å². The monoisotopic (exact) mass is 431 g/mol. The molecule has 0 aliphatic heterocycles. The number of amides is 1. The van der Waals surface area contributed by atoms with Crippen molar-refractivity contribution in [1.82, 2.24) is 15.3 Å². The fourth-order valence-corrected chi connectivity index (χ4v) is 5.77. The Balaban J connectivity index is 1.30. The predicted molar refractivity (Wildman–Crippen MR) is 118 cm³/mol. The number of fused-ring (bicyclic) bond motifs is 3. The van der Waals surface area contributed by atoms with Crippen molar-refractivity contribution in [2.45, 2.75) is 57.7 Å². The number of carbonyl (C=O) groups is 1. The largest absolute Gasteiger partial charge is 0.464 e. The van der Waals surface area contributed by atoms with E-state index in [9.17, 15) is 9.59 Å². The van der Waals surface area contributed by atoms with Crippen LogP contribution in [0, 0.1) is 6.92 Å². The van der Waals surface area contributed by atoms with Crippen LogP contribution >= 0.6 is 23.1 Å². The summed E-state index contributed by atoms with van der Waals surface area (Å²) in [6.07, 6.45) is 4.80. The van der Waals surface area contributed by atoms with Crippen LogP contribution in [-0.2, 0) is 23.4 Å². The minimum atomic E-state index is -0.147. The number of aromatic nitrogens is 2. The molecule has 1 amide bonds. The highest BCUT2D eigenvalue weighted by Gasteiger charge is 2.19. The topological polar surface area (TPSA) is 88.0 Å². The summed E-state index contributed by atoms with van der Waals surface area (Å²) in [4.78, 5) is 34.5. The molecule has 4 rings (SSSR count). The third-order valence-electron chi connectivity index (χ3n) is 5.15. The minimum absolute atomic E-state index is 0.0121. The highest BCUT2D eigenvalue weighted by Crippen LogP contribution is 2.33. The van der Waals surface area contributed by atoms with E-state index >= 15 is 0 Å². The first-order chi connectivity index (χ1) is 14.0. The molecule has 0 radical (unpaired) electrons. The van der Waals surface area contributed by atoms with Crippen molar-refractivity contribution in [3.05, 3.63) is 50.3 Å². The number of hydrogen-bond acceptors (Lipinski definition) is 6. The lowest BCUT2D eigenvalue weighted by Gasteiger charge is -2.11. The van der Waals surface area contributed by atoms with Crippen molar-refractivity contribution in [2.24, 2.45) is 0 Å². The van der Waals surface area contributed by atoms with Gasteiger partial charge < -0.3 is 14.7 Å². The first-order valence-electron chi connectivity index (χ1n) is 9.98. The molecule has 6 nitrogen and oxygen atoms in total. The van der Waals surface area contributed by atoms with Gasteiger partial charge in [-0.1, -0.05) is 0 Å². The van der Waals surface area contributed by atoms with Gasteiger partial charge in [-0.3, -0.25) is 9.59 Å². The Bertz CT molecular complexity index is 1080. The van der Waals surface area contributed by atoms with Gasteiger partial charge in [0.05, 0.1) is 17.2 Å². The Morgan fingerprint density at radius 3 is 3.00 bits per heavy atom. The van der Waals surface area contributed by atoms with Gasteiger partial charge in [-0.05, 0) is 57.2 Å². The van der Waals surface area contributed by atoms with Crippen LogP contribution in [0.15, 0.2) is 21.3 Å². The molecule has 0 saturated heterocycles. The first-order valence-corrected chi connectivity index (χ1v) is 12.0. The third-order valence-corrected chi connectivity index (χ3v) is 7.31. The Hall–Kier alpha value is -2.06. The van der Waals surface area contributed by atoms with Gasteiger partial charge in [0.15, 0.2) is 0 Å². The summed E-state index contributed by atoms with van der Waals surface area (Å²) < 4.78 is 5.55. The smallest absolute Gasteiger partial charge is 0.259 e. The Labute approximate surface area is 177 Å². The van der Waals surface area contributed by atoms with Gasteiger partial charge in [-0.15, -0.1) is 11.3 Å². The molecule has 154 valence electrons. The van der Waals surface area contributed by atoms with Crippen LogP contribution in [0.1, 0.15) is 60.0 Å². The zero-order chi connectivity index (χ0) is 20.4. The minimum Gasteiger partial charge on any atom is -0.464 e. The van der Waals surface area contributed by atoms with Crippen molar-refractivity contribution < 1.29 is 9.21 Å². The summed E-state index contributed by atoms with van der Waals surface area (Å²) in [6.45, 7) is 3.80. The van der Waals surface area contributed by atoms with E-state index in [0.717, 1.165) is 41.0 Å². The van der Waals surface area contributed by atoms with Crippen LogP contribution in [0.3, 0.4) is 0 Å². The summed E-state index contributed by atoms with van der Waals surface area (Å²) in [5.74, 6) is 3.53. The highest BCUT2D eigenvalue weighted by atomic mass is 32.2. The van der Waals surface area contributed by atoms with Crippen LogP contribution in [0.25, 0.3) is 10.2 Å². The molecule has 1 aliphatic rings. The molecular weight excluding hydrogens is 406 g/mol. The van der Waals surface area contributed by atoms with Gasteiger partial charge in [0.2, 0.25) is 5.91 Å². The number of hydrogen-bond donors (Lipinski definition) is 2. The molecule has 1 atom stereocenters. The molecule has 29 heavy (non-hydrogen) atoms. The molecule has 3 heterocycles. The molecular formula is C21H25N3O3S2. The van der Waals surface area contributed by atoms with Crippen LogP contribution in [0.4, 0.5) is 0 Å². The van der Waals surface area contributed by atoms with Crippen LogP contribution in [-0.4, -0.2) is 21.6 Å². The van der Waals surface area contributed by atoms with Crippen LogP contribution in [0.5, 0.6) is 0 Å². The van der Waals surface area contributed by atoms with Gasteiger partial charge in [-0.2, -0.15) is 11.8 Å². The molecule has 8 heteroatoms. The molecule has 3 aromatic heterocycles. The molecule has 3 aromatic rings. The molecule has 1 aliphatic carbocycles. The van der Waals surface area contributed by atoms with Crippen molar-refractivity contribution in [2.75, 3.05) is 5.75 Å². The number of furan rings is 1. The average Bonchev–Trinajstić information content (AvgIpc) is 3.28. The van der Waals surface area contributed by atoms with Gasteiger partial charge in [0, 0.05) is 17.1 Å². The van der Waals surface area contributed by atoms with E-state index in [1.54, 1.807) is 23.1 Å².